The second kappa shape index (κ2) is 4.67. The van der Waals surface area contributed by atoms with Crippen LogP contribution in [0.3, 0.4) is 0 Å². The normalized spacial score (nSPS) is 11.1. The van der Waals surface area contributed by atoms with Crippen LogP contribution in [0, 0.1) is 0 Å². The molecule has 0 atom stereocenters. The number of hydrogen-bond donors (Lipinski definition) is 0. The summed E-state index contributed by atoms with van der Waals surface area (Å²) in [4.78, 5) is 0. The molecule has 10 heavy (non-hydrogen) atoms. The zero-order valence-electron chi connectivity index (χ0n) is 7.02. The van der Waals surface area contributed by atoms with Crippen LogP contribution in [-0.4, -0.2) is 17.1 Å². The molecule has 0 aromatic rings. The van der Waals surface area contributed by atoms with Crippen LogP contribution in [0.15, 0.2) is 12.8 Å². The van der Waals surface area contributed by atoms with Crippen molar-refractivity contribution < 1.29 is 4.74 Å². The molecule has 0 unspecified atom stereocenters. The summed E-state index contributed by atoms with van der Waals surface area (Å²) >= 11 is 1.90. The van der Waals surface area contributed by atoms with Crippen molar-refractivity contribution in [3.8, 4) is 0 Å². The molecule has 0 heterocycles. The molecule has 0 rings (SSSR count). The molecule has 60 valence electrons. The van der Waals surface area contributed by atoms with Gasteiger partial charge in [-0.15, -0.1) is 0 Å². The van der Waals surface area contributed by atoms with Crippen LogP contribution in [-0.2, 0) is 4.74 Å². The highest BCUT2D eigenvalue weighted by Gasteiger charge is 2.08. The molecule has 0 amide bonds. The lowest BCUT2D eigenvalue weighted by Crippen LogP contribution is -2.09. The highest BCUT2D eigenvalue weighted by atomic mass is 32.2. The highest BCUT2D eigenvalue weighted by molar-refractivity contribution is 8.00. The van der Waals surface area contributed by atoms with Crippen molar-refractivity contribution >= 4 is 11.8 Å². The quantitative estimate of drug-likeness (QED) is 0.462. The van der Waals surface area contributed by atoms with Crippen molar-refractivity contribution in [2.45, 2.75) is 25.5 Å². The van der Waals surface area contributed by atoms with E-state index in [0.717, 1.165) is 12.4 Å². The van der Waals surface area contributed by atoms with E-state index < -0.39 is 0 Å². The Kier molecular flexibility index (Phi) is 4.62. The van der Waals surface area contributed by atoms with Crippen molar-refractivity contribution in [1.29, 1.82) is 0 Å². The third-order valence-corrected chi connectivity index (χ3v) is 2.09. The minimum absolute atomic E-state index is 0.352. The summed E-state index contributed by atoms with van der Waals surface area (Å²) in [5, 5.41) is 0. The summed E-state index contributed by atoms with van der Waals surface area (Å²) in [7, 11) is 0. The molecular weight excluding hydrogens is 144 g/mol. The van der Waals surface area contributed by atoms with Crippen molar-refractivity contribution in [2.24, 2.45) is 0 Å². The van der Waals surface area contributed by atoms with Gasteiger partial charge in [0, 0.05) is 10.5 Å². The molecule has 0 aromatic carbocycles. The summed E-state index contributed by atoms with van der Waals surface area (Å²) in [6, 6.07) is 0. The van der Waals surface area contributed by atoms with E-state index in [4.69, 9.17) is 4.74 Å². The van der Waals surface area contributed by atoms with Crippen LogP contribution in [0.25, 0.3) is 0 Å². The van der Waals surface area contributed by atoms with Gasteiger partial charge in [-0.2, -0.15) is 11.8 Å². The molecule has 0 aliphatic heterocycles. The molecule has 1 nitrogen and oxygen atoms in total. The van der Waals surface area contributed by atoms with Gasteiger partial charge in [0.15, 0.2) is 0 Å². The van der Waals surface area contributed by atoms with Gasteiger partial charge in [0.1, 0.15) is 0 Å². The van der Waals surface area contributed by atoms with E-state index in [0.29, 0.717) is 4.75 Å². The van der Waals surface area contributed by atoms with Gasteiger partial charge in [0.05, 0.1) is 12.9 Å². The summed E-state index contributed by atoms with van der Waals surface area (Å²) in [5.74, 6) is 1.04. The Labute approximate surface area is 67.8 Å². The third-order valence-electron chi connectivity index (χ3n) is 0.854. The largest absolute Gasteiger partial charge is 0.501 e. The van der Waals surface area contributed by atoms with E-state index in [-0.39, 0.29) is 0 Å². The van der Waals surface area contributed by atoms with Crippen molar-refractivity contribution in [2.75, 3.05) is 12.4 Å². The zero-order chi connectivity index (χ0) is 8.04. The maximum absolute atomic E-state index is 4.97. The molecule has 0 saturated heterocycles. The first-order valence-corrected chi connectivity index (χ1v) is 4.41. The van der Waals surface area contributed by atoms with Crippen LogP contribution in [0.1, 0.15) is 20.8 Å². The Balaban J connectivity index is 3.12. The zero-order valence-corrected chi connectivity index (χ0v) is 7.83. The Hall–Kier alpha value is -0.110. The van der Waals surface area contributed by atoms with Crippen molar-refractivity contribution in [1.82, 2.24) is 0 Å². The minimum atomic E-state index is 0.352. The lowest BCUT2D eigenvalue weighted by molar-refractivity contribution is 0.274. The van der Waals surface area contributed by atoms with Crippen molar-refractivity contribution in [3.05, 3.63) is 12.8 Å². The Morgan fingerprint density at radius 2 is 2.10 bits per heavy atom. The van der Waals surface area contributed by atoms with Gasteiger partial charge in [0.25, 0.3) is 0 Å². The molecule has 0 N–H and O–H groups in total. The maximum atomic E-state index is 4.97. The Morgan fingerprint density at radius 3 is 2.50 bits per heavy atom. The fraction of sp³-hybridized carbons (Fsp3) is 0.750. The number of ether oxygens (including phenoxy) is 1. The number of rotatable bonds is 4. The van der Waals surface area contributed by atoms with Gasteiger partial charge in [-0.05, 0) is 0 Å². The van der Waals surface area contributed by atoms with Crippen LogP contribution in [0.4, 0.5) is 0 Å². The van der Waals surface area contributed by atoms with Crippen LogP contribution < -0.4 is 0 Å². The lowest BCUT2D eigenvalue weighted by atomic mass is 10.3. The third kappa shape index (κ3) is 7.89. The molecule has 0 aromatic heterocycles. The molecule has 0 fully saturated rings. The van der Waals surface area contributed by atoms with Gasteiger partial charge in [0.2, 0.25) is 0 Å². The van der Waals surface area contributed by atoms with Gasteiger partial charge >= 0.3 is 0 Å². The first-order valence-electron chi connectivity index (χ1n) is 3.43. The summed E-state index contributed by atoms with van der Waals surface area (Å²) in [5.41, 5.74) is 0. The van der Waals surface area contributed by atoms with Gasteiger partial charge < -0.3 is 4.74 Å². The Bertz CT molecular complexity index is 93.9. The predicted molar refractivity (Wildman–Crippen MR) is 48.4 cm³/mol. The summed E-state index contributed by atoms with van der Waals surface area (Å²) < 4.78 is 5.32. The van der Waals surface area contributed by atoms with Crippen LogP contribution in [0.2, 0.25) is 0 Å². The smallest absolute Gasteiger partial charge is 0.0963 e. The first kappa shape index (κ1) is 9.89. The molecule has 0 aliphatic rings. The molecule has 0 aliphatic carbocycles. The predicted octanol–water partition coefficient (Wildman–Crippen LogP) is 2.68. The molecule has 0 bridgehead atoms. The van der Waals surface area contributed by atoms with Crippen LogP contribution in [0.5, 0.6) is 0 Å². The molecule has 2 heteroatoms. The standard InChI is InChI=1S/C8H16OS/c1-5-9-6-7-10-8(2,3)4/h5H,1,6-7H2,2-4H3. The Morgan fingerprint density at radius 1 is 1.50 bits per heavy atom. The molecule has 0 spiro atoms. The number of hydrogen-bond acceptors (Lipinski definition) is 2. The van der Waals surface area contributed by atoms with E-state index in [1.54, 1.807) is 0 Å². The van der Waals surface area contributed by atoms with E-state index in [9.17, 15) is 0 Å². The number of thioether (sulfide) groups is 1. The van der Waals surface area contributed by atoms with Gasteiger partial charge in [-0.1, -0.05) is 27.4 Å². The minimum Gasteiger partial charge on any atom is -0.501 e. The second-order valence-corrected chi connectivity index (χ2v) is 4.92. The lowest BCUT2D eigenvalue weighted by Gasteiger charge is -2.16. The highest BCUT2D eigenvalue weighted by Crippen LogP contribution is 2.22. The SMILES string of the molecule is C=COCCSC(C)(C)C. The van der Waals surface area contributed by atoms with E-state index >= 15 is 0 Å². The maximum Gasteiger partial charge on any atom is 0.0963 e. The monoisotopic (exact) mass is 160 g/mol. The topological polar surface area (TPSA) is 9.23 Å². The van der Waals surface area contributed by atoms with Gasteiger partial charge in [-0.3, -0.25) is 0 Å². The summed E-state index contributed by atoms with van der Waals surface area (Å²) in [6.45, 7) is 10.8. The summed E-state index contributed by atoms with van der Waals surface area (Å²) in [6.07, 6.45) is 1.49. The van der Waals surface area contributed by atoms with Crippen LogP contribution >= 0.6 is 11.8 Å². The fourth-order valence-electron chi connectivity index (χ4n) is 0.479. The molecular formula is C8H16OS. The van der Waals surface area contributed by atoms with E-state index in [2.05, 4.69) is 27.4 Å². The van der Waals surface area contributed by atoms with E-state index in [1.165, 1.54) is 6.26 Å². The molecule has 0 saturated carbocycles. The van der Waals surface area contributed by atoms with Crippen molar-refractivity contribution in [3.63, 3.8) is 0 Å². The first-order chi connectivity index (χ1) is 4.56. The average molecular weight is 160 g/mol. The molecule has 0 radical (unpaired) electrons. The van der Waals surface area contributed by atoms with E-state index in [1.807, 2.05) is 11.8 Å². The van der Waals surface area contributed by atoms with Gasteiger partial charge in [-0.25, -0.2) is 0 Å². The fourth-order valence-corrected chi connectivity index (χ4v) is 1.27. The average Bonchev–Trinajstić information content (AvgIpc) is 1.78. The second-order valence-electron chi connectivity index (χ2n) is 3.00.